The average molecular weight is 339 g/mol. The fourth-order valence-corrected chi connectivity index (χ4v) is 3.39. The molecule has 2 heterocycles. The van der Waals surface area contributed by atoms with Gasteiger partial charge in [0.1, 0.15) is 18.0 Å². The van der Waals surface area contributed by atoms with Crippen LogP contribution in [0, 0.1) is 19.3 Å². The van der Waals surface area contributed by atoms with Gasteiger partial charge >= 0.3 is 0 Å². The minimum absolute atomic E-state index is 0.0418. The molecule has 5 heteroatoms. The van der Waals surface area contributed by atoms with E-state index in [0.717, 1.165) is 41.4 Å². The van der Waals surface area contributed by atoms with Crippen LogP contribution in [0.5, 0.6) is 0 Å². The van der Waals surface area contributed by atoms with E-state index in [-0.39, 0.29) is 16.9 Å². The van der Waals surface area contributed by atoms with Gasteiger partial charge in [0.2, 0.25) is 0 Å². The van der Waals surface area contributed by atoms with Gasteiger partial charge in [-0.2, -0.15) is 0 Å². The molecule has 1 atom stereocenters. The molecular formula is C20H29N5. The molecule has 2 aromatic rings. The Bertz CT molecular complexity index is 789. The Balaban J connectivity index is 2.00. The van der Waals surface area contributed by atoms with Crippen molar-refractivity contribution in [1.82, 2.24) is 19.9 Å². The monoisotopic (exact) mass is 339 g/mol. The molecule has 0 aliphatic heterocycles. The molecular weight excluding hydrogens is 310 g/mol. The highest BCUT2D eigenvalue weighted by molar-refractivity contribution is 5.47. The second-order valence-corrected chi connectivity index (χ2v) is 9.02. The van der Waals surface area contributed by atoms with Crippen molar-refractivity contribution < 1.29 is 0 Å². The van der Waals surface area contributed by atoms with Crippen LogP contribution in [0.25, 0.3) is 0 Å². The molecule has 2 aromatic heterocycles. The zero-order valence-electron chi connectivity index (χ0n) is 16.4. The molecule has 0 fully saturated rings. The van der Waals surface area contributed by atoms with Crippen LogP contribution in [0.15, 0.2) is 12.5 Å². The Morgan fingerprint density at radius 3 is 2.52 bits per heavy atom. The summed E-state index contributed by atoms with van der Waals surface area (Å²) >= 11 is 0. The van der Waals surface area contributed by atoms with Crippen LogP contribution in [0.3, 0.4) is 0 Å². The van der Waals surface area contributed by atoms with Crippen molar-refractivity contribution in [3.63, 3.8) is 0 Å². The number of aryl methyl sites for hydroxylation is 1. The summed E-state index contributed by atoms with van der Waals surface area (Å²) in [7, 11) is 0. The molecule has 1 unspecified atom stereocenters. The summed E-state index contributed by atoms with van der Waals surface area (Å²) in [5.41, 5.74) is 4.61. The first-order valence-electron chi connectivity index (χ1n) is 8.98. The molecule has 3 rings (SSSR count). The van der Waals surface area contributed by atoms with E-state index in [4.69, 9.17) is 4.98 Å². The van der Waals surface area contributed by atoms with Gasteiger partial charge in [-0.25, -0.2) is 19.9 Å². The maximum atomic E-state index is 4.93. The number of nitrogens with zero attached hydrogens (tertiary/aromatic N) is 4. The molecule has 0 bridgehead atoms. The summed E-state index contributed by atoms with van der Waals surface area (Å²) in [6.07, 6.45) is 5.65. The Morgan fingerprint density at radius 2 is 1.84 bits per heavy atom. The molecule has 0 saturated heterocycles. The minimum Gasteiger partial charge on any atom is -0.363 e. The lowest BCUT2D eigenvalue weighted by Crippen LogP contribution is -2.32. The minimum atomic E-state index is -0.0418. The normalized spacial score (nSPS) is 19.4. The Morgan fingerprint density at radius 1 is 1.12 bits per heavy atom. The number of hydrogen-bond acceptors (Lipinski definition) is 5. The SMILES string of the molecule is Cc1ncnc(NC2CC(C)(C)Cc3nc(C(C)(C)C)ncc32)c1C. The van der Waals surface area contributed by atoms with Crippen molar-refractivity contribution in [3.8, 4) is 0 Å². The molecule has 25 heavy (non-hydrogen) atoms. The van der Waals surface area contributed by atoms with Crippen LogP contribution in [-0.2, 0) is 11.8 Å². The molecule has 5 nitrogen and oxygen atoms in total. The highest BCUT2D eigenvalue weighted by atomic mass is 15.1. The second-order valence-electron chi connectivity index (χ2n) is 9.02. The van der Waals surface area contributed by atoms with E-state index < -0.39 is 0 Å². The number of nitrogens with one attached hydrogen (secondary N) is 1. The lowest BCUT2D eigenvalue weighted by Gasteiger charge is -2.37. The quantitative estimate of drug-likeness (QED) is 0.883. The van der Waals surface area contributed by atoms with E-state index in [2.05, 4.69) is 61.8 Å². The number of aromatic nitrogens is 4. The predicted octanol–water partition coefficient (Wildman–Crippen LogP) is 4.31. The van der Waals surface area contributed by atoms with Gasteiger partial charge in [0, 0.05) is 34.1 Å². The average Bonchev–Trinajstić information content (AvgIpc) is 2.49. The summed E-state index contributed by atoms with van der Waals surface area (Å²) < 4.78 is 0. The summed E-state index contributed by atoms with van der Waals surface area (Å²) in [6.45, 7) is 15.2. The number of rotatable bonds is 2. The lowest BCUT2D eigenvalue weighted by atomic mass is 9.74. The first-order valence-corrected chi connectivity index (χ1v) is 8.98. The van der Waals surface area contributed by atoms with Gasteiger partial charge in [-0.15, -0.1) is 0 Å². The summed E-state index contributed by atoms with van der Waals surface area (Å²) in [5.74, 6) is 1.82. The molecule has 0 spiro atoms. The van der Waals surface area contributed by atoms with Crippen molar-refractivity contribution in [2.45, 2.75) is 72.8 Å². The van der Waals surface area contributed by atoms with Crippen molar-refractivity contribution in [2.75, 3.05) is 5.32 Å². The Hall–Kier alpha value is -2.04. The van der Waals surface area contributed by atoms with Gasteiger partial charge in [-0.1, -0.05) is 34.6 Å². The summed E-state index contributed by atoms with van der Waals surface area (Å²) in [5, 5.41) is 3.63. The fraction of sp³-hybridized carbons (Fsp3) is 0.600. The third-order valence-corrected chi connectivity index (χ3v) is 5.00. The van der Waals surface area contributed by atoms with Gasteiger partial charge in [-0.3, -0.25) is 0 Å². The third kappa shape index (κ3) is 3.65. The van der Waals surface area contributed by atoms with Crippen LogP contribution in [-0.4, -0.2) is 19.9 Å². The first kappa shape index (κ1) is 17.8. The Labute approximate surface area is 150 Å². The van der Waals surface area contributed by atoms with Gasteiger partial charge < -0.3 is 5.32 Å². The zero-order valence-corrected chi connectivity index (χ0v) is 16.4. The van der Waals surface area contributed by atoms with Crippen LogP contribution < -0.4 is 5.32 Å². The van der Waals surface area contributed by atoms with Crippen LogP contribution in [0.1, 0.15) is 75.4 Å². The molecule has 0 saturated carbocycles. The van der Waals surface area contributed by atoms with Gasteiger partial charge in [-0.05, 0) is 32.1 Å². The summed E-state index contributed by atoms with van der Waals surface area (Å²) in [4.78, 5) is 18.3. The van der Waals surface area contributed by atoms with E-state index in [1.54, 1.807) is 6.33 Å². The van der Waals surface area contributed by atoms with Crippen LogP contribution >= 0.6 is 0 Å². The van der Waals surface area contributed by atoms with Crippen LogP contribution in [0.2, 0.25) is 0 Å². The highest BCUT2D eigenvalue weighted by Crippen LogP contribution is 2.41. The van der Waals surface area contributed by atoms with E-state index in [0.29, 0.717) is 0 Å². The molecule has 1 aliphatic rings. The first-order chi connectivity index (χ1) is 11.6. The van der Waals surface area contributed by atoms with Crippen LogP contribution in [0.4, 0.5) is 5.82 Å². The summed E-state index contributed by atoms with van der Waals surface area (Å²) in [6, 6.07) is 0.167. The second kappa shape index (κ2) is 6.04. The van der Waals surface area contributed by atoms with Gasteiger partial charge in [0.05, 0.1) is 6.04 Å². The largest absolute Gasteiger partial charge is 0.363 e. The molecule has 1 aliphatic carbocycles. The molecule has 134 valence electrons. The zero-order chi connectivity index (χ0) is 18.4. The fourth-order valence-electron chi connectivity index (χ4n) is 3.39. The van der Waals surface area contributed by atoms with Crippen molar-refractivity contribution in [1.29, 1.82) is 0 Å². The number of hydrogen-bond donors (Lipinski definition) is 1. The van der Waals surface area contributed by atoms with Crippen molar-refractivity contribution in [3.05, 3.63) is 40.9 Å². The lowest BCUT2D eigenvalue weighted by molar-refractivity contribution is 0.284. The standard InChI is InChI=1S/C20H29N5/c1-12-13(2)22-11-23-17(12)24-15-8-20(6,7)9-16-14(15)10-21-18(25-16)19(3,4)5/h10-11,15H,8-9H2,1-7H3,(H,22,23,24). The molecule has 0 amide bonds. The van der Waals surface area contributed by atoms with E-state index in [9.17, 15) is 0 Å². The number of fused-ring (bicyclic) bond motifs is 1. The van der Waals surface area contributed by atoms with E-state index in [1.807, 2.05) is 13.1 Å². The predicted molar refractivity (Wildman–Crippen MR) is 101 cm³/mol. The van der Waals surface area contributed by atoms with Crippen molar-refractivity contribution in [2.24, 2.45) is 5.41 Å². The molecule has 0 radical (unpaired) electrons. The number of anilines is 1. The third-order valence-electron chi connectivity index (χ3n) is 5.00. The topological polar surface area (TPSA) is 63.6 Å². The van der Waals surface area contributed by atoms with Crippen molar-refractivity contribution >= 4 is 5.82 Å². The molecule has 0 aromatic carbocycles. The Kier molecular flexibility index (Phi) is 4.30. The maximum absolute atomic E-state index is 4.93. The maximum Gasteiger partial charge on any atom is 0.133 e. The van der Waals surface area contributed by atoms with E-state index >= 15 is 0 Å². The highest BCUT2D eigenvalue weighted by Gasteiger charge is 2.35. The van der Waals surface area contributed by atoms with Gasteiger partial charge in [0.25, 0.3) is 0 Å². The van der Waals surface area contributed by atoms with Gasteiger partial charge in [0.15, 0.2) is 0 Å². The van der Waals surface area contributed by atoms with E-state index in [1.165, 1.54) is 5.56 Å². The molecule has 1 N–H and O–H groups in total. The smallest absolute Gasteiger partial charge is 0.133 e.